The zero-order valence-corrected chi connectivity index (χ0v) is 8.73. The van der Waals surface area contributed by atoms with Crippen LogP contribution < -0.4 is 56.3 Å². The van der Waals surface area contributed by atoms with Crippen molar-refractivity contribution in [3.05, 3.63) is 0 Å². The van der Waals surface area contributed by atoms with E-state index in [-0.39, 0.29) is 51.4 Å². The molecule has 0 radical (unpaired) electrons. The Labute approximate surface area is 97.0 Å². The first kappa shape index (κ1) is 11.6. The van der Waals surface area contributed by atoms with Crippen LogP contribution in [0, 0.1) is 0 Å². The molecule has 54 valence electrons. The van der Waals surface area contributed by atoms with Gasteiger partial charge in [0.15, 0.2) is 0 Å². The minimum Gasteiger partial charge on any atom is -0.753 e. The van der Waals surface area contributed by atoms with Crippen LogP contribution in [0.15, 0.2) is 0 Å². The van der Waals surface area contributed by atoms with Crippen LogP contribution in [0.5, 0.6) is 0 Å². The molecule has 0 aromatic carbocycles. The van der Waals surface area contributed by atoms with Crippen LogP contribution in [-0.2, 0) is 34.1 Å². The molecule has 0 saturated carbocycles. The molecule has 1 heterocycles. The molecule has 10 heteroatoms. The van der Waals surface area contributed by atoms with Gasteiger partial charge in [0.1, 0.15) is 0 Å². The molecular weight excluding hydrogens is 198 g/mol. The van der Waals surface area contributed by atoms with Gasteiger partial charge in [-0.3, -0.25) is 4.57 Å². The van der Waals surface area contributed by atoms with E-state index in [2.05, 4.69) is 29.5 Å². The van der Waals surface area contributed by atoms with Gasteiger partial charge in [0.2, 0.25) is 0 Å². The fourth-order valence-electron chi connectivity index (χ4n) is 0.134. The van der Waals surface area contributed by atoms with Crippen LogP contribution in [0.2, 0.25) is 0 Å². The van der Waals surface area contributed by atoms with E-state index in [0.29, 0.717) is 0 Å². The van der Waals surface area contributed by atoms with Crippen molar-refractivity contribution >= 4 is 7.82 Å². The van der Waals surface area contributed by atoms with Gasteiger partial charge in [-0.25, -0.2) is 0 Å². The summed E-state index contributed by atoms with van der Waals surface area (Å²) in [6.45, 7) is 0. The minimum atomic E-state index is -4.57. The zero-order valence-electron chi connectivity index (χ0n) is 4.71. The SMILES string of the molecule is O=P1([O-])OOOOOO1.[K+]. The molecule has 0 aliphatic carbocycles. The average Bonchev–Trinajstić information content (AvgIpc) is 1.92. The van der Waals surface area contributed by atoms with Gasteiger partial charge in [0.05, 0.1) is 0 Å². The van der Waals surface area contributed by atoms with Crippen LogP contribution in [-0.4, -0.2) is 0 Å². The molecule has 1 aliphatic heterocycles. The molecule has 0 atom stereocenters. The van der Waals surface area contributed by atoms with Crippen LogP contribution in [0.1, 0.15) is 0 Å². The van der Waals surface area contributed by atoms with Gasteiger partial charge in [-0.2, -0.15) is 0 Å². The van der Waals surface area contributed by atoms with Gasteiger partial charge < -0.3 is 4.89 Å². The number of hydrogen-bond acceptors (Lipinski definition) is 8. The zero-order chi connectivity index (χ0) is 6.74. The van der Waals surface area contributed by atoms with E-state index in [9.17, 15) is 9.46 Å². The Bertz CT molecular complexity index is 119. The maximum atomic E-state index is 10.0. The summed E-state index contributed by atoms with van der Waals surface area (Å²) in [4.78, 5) is 10.0. The van der Waals surface area contributed by atoms with Gasteiger partial charge in [0, 0.05) is 0 Å². The van der Waals surface area contributed by atoms with Crippen molar-refractivity contribution in [2.75, 3.05) is 0 Å². The predicted molar refractivity (Wildman–Crippen MR) is 14.1 cm³/mol. The summed E-state index contributed by atoms with van der Waals surface area (Å²) in [7, 11) is -4.57. The number of rotatable bonds is 0. The molecule has 1 rings (SSSR count). The van der Waals surface area contributed by atoms with Crippen LogP contribution >= 0.6 is 7.82 Å². The van der Waals surface area contributed by atoms with Crippen molar-refractivity contribution in [3.8, 4) is 0 Å². The second-order valence-corrected chi connectivity index (χ2v) is 2.06. The third-order valence-corrected chi connectivity index (χ3v) is 0.814. The van der Waals surface area contributed by atoms with Gasteiger partial charge in [0.25, 0.3) is 0 Å². The van der Waals surface area contributed by atoms with Gasteiger partial charge in [-0.05, 0) is 20.2 Å². The summed E-state index contributed by atoms with van der Waals surface area (Å²) in [6, 6.07) is 0. The topological polar surface area (TPSA) is 95.5 Å². The number of phosphoric acid groups is 1. The van der Waals surface area contributed by atoms with Crippen molar-refractivity contribution in [2.24, 2.45) is 0 Å². The van der Waals surface area contributed by atoms with Crippen molar-refractivity contribution in [3.63, 3.8) is 0 Å². The van der Waals surface area contributed by atoms with E-state index in [1.807, 2.05) is 0 Å². The fourth-order valence-corrected chi connectivity index (χ4v) is 0.358. The molecule has 0 bridgehead atoms. The van der Waals surface area contributed by atoms with Crippen molar-refractivity contribution in [1.82, 2.24) is 0 Å². The third-order valence-electron chi connectivity index (χ3n) is 0.327. The molecule has 10 heavy (non-hydrogen) atoms. The van der Waals surface area contributed by atoms with Gasteiger partial charge in [-0.15, -0.1) is 9.35 Å². The largest absolute Gasteiger partial charge is 1.00 e. The molecule has 0 spiro atoms. The van der Waals surface area contributed by atoms with Crippen molar-refractivity contribution in [2.45, 2.75) is 0 Å². The summed E-state index contributed by atoms with van der Waals surface area (Å²) in [5, 5.41) is 13.5. The average molecular weight is 198 g/mol. The second kappa shape index (κ2) is 5.27. The van der Waals surface area contributed by atoms with E-state index in [0.717, 1.165) is 0 Å². The van der Waals surface area contributed by atoms with E-state index in [1.54, 1.807) is 0 Å². The molecule has 0 amide bonds. The molecule has 8 nitrogen and oxygen atoms in total. The first-order valence-electron chi connectivity index (χ1n) is 1.56. The Balaban J connectivity index is 0.000000810. The third kappa shape index (κ3) is 4.46. The number of hydrogen-bond donors (Lipinski definition) is 0. The first-order valence-corrected chi connectivity index (χ1v) is 3.02. The molecule has 0 N–H and O–H groups in total. The Morgan fingerprint density at radius 1 is 1.00 bits per heavy atom. The smallest absolute Gasteiger partial charge is 0.753 e. The second-order valence-electron chi connectivity index (χ2n) is 0.868. The first-order chi connectivity index (χ1) is 4.21. The molecule has 0 aromatic heterocycles. The van der Waals surface area contributed by atoms with E-state index in [1.165, 1.54) is 0 Å². The summed E-state index contributed by atoms with van der Waals surface area (Å²) in [6.07, 6.45) is 0. The molecule has 1 aliphatic rings. The minimum absolute atomic E-state index is 0. The Morgan fingerprint density at radius 3 is 1.80 bits per heavy atom. The standard InChI is InChI=1S/K.HO8P/c;1-9(2)7-5-3-4-6-8-9/h;(H,1,2)/q+1;/p-1. The predicted octanol–water partition coefficient (Wildman–Crippen LogP) is -3.85. The maximum Gasteiger partial charge on any atom is 1.00 e. The van der Waals surface area contributed by atoms with Crippen LogP contribution in [0.4, 0.5) is 0 Å². The molecule has 0 unspecified atom stereocenters. The maximum absolute atomic E-state index is 10.0. The van der Waals surface area contributed by atoms with Gasteiger partial charge in [-0.1, -0.05) is 0 Å². The summed E-state index contributed by atoms with van der Waals surface area (Å²) in [5.74, 6) is 0. The molecule has 1 saturated heterocycles. The van der Waals surface area contributed by atoms with E-state index >= 15 is 0 Å². The monoisotopic (exact) mass is 198 g/mol. The summed E-state index contributed by atoms with van der Waals surface area (Å²) < 4.78 is 16.8. The summed E-state index contributed by atoms with van der Waals surface area (Å²) in [5.41, 5.74) is 0. The normalized spacial score (nSPS) is 24.5. The Kier molecular flexibility index (Phi) is 6.11. The van der Waals surface area contributed by atoms with Crippen LogP contribution in [0.25, 0.3) is 0 Å². The quantitative estimate of drug-likeness (QED) is 0.222. The Morgan fingerprint density at radius 2 is 1.40 bits per heavy atom. The fraction of sp³-hybridized carbons (Fsp3) is 0. The Hall–Kier alpha value is 1.59. The van der Waals surface area contributed by atoms with E-state index in [4.69, 9.17) is 0 Å². The van der Waals surface area contributed by atoms with Crippen molar-refractivity contribution < 1.29 is 90.3 Å². The summed E-state index contributed by atoms with van der Waals surface area (Å²) >= 11 is 0. The molecule has 1 fully saturated rings. The van der Waals surface area contributed by atoms with E-state index < -0.39 is 7.82 Å². The van der Waals surface area contributed by atoms with Gasteiger partial charge >= 0.3 is 59.2 Å². The van der Waals surface area contributed by atoms with Crippen molar-refractivity contribution in [1.29, 1.82) is 0 Å². The van der Waals surface area contributed by atoms with Crippen LogP contribution in [0.3, 0.4) is 0 Å². The molecule has 0 aromatic rings. The molecular formula is KO8P.